The maximum absolute atomic E-state index is 12.6. The average Bonchev–Trinajstić information content (AvgIpc) is 2.78. The summed E-state index contributed by atoms with van der Waals surface area (Å²) in [7, 11) is -3.84. The predicted molar refractivity (Wildman–Crippen MR) is 76.0 cm³/mol. The third-order valence-corrected chi connectivity index (χ3v) is 6.09. The van der Waals surface area contributed by atoms with E-state index in [9.17, 15) is 13.2 Å². The van der Waals surface area contributed by atoms with E-state index in [4.69, 9.17) is 28.3 Å². The standard InChI is InChI=1S/C12H13Cl2NO4S/c1-7-3-2-4-15(7)20(18,19)10-6-8(13)5-9(11(10)14)12(16)17/h5-7H,2-4H2,1H3,(H,16,17). The van der Waals surface area contributed by atoms with Crippen LogP contribution in [0.4, 0.5) is 0 Å². The van der Waals surface area contributed by atoms with Gasteiger partial charge in [-0.1, -0.05) is 23.2 Å². The molecule has 0 bridgehead atoms. The van der Waals surface area contributed by atoms with Crippen LogP contribution in [0.5, 0.6) is 0 Å². The van der Waals surface area contributed by atoms with Crippen LogP contribution in [0.15, 0.2) is 17.0 Å². The third kappa shape index (κ3) is 2.65. The smallest absolute Gasteiger partial charge is 0.337 e. The monoisotopic (exact) mass is 337 g/mol. The Balaban J connectivity index is 2.60. The van der Waals surface area contributed by atoms with Crippen LogP contribution >= 0.6 is 23.2 Å². The zero-order valence-corrected chi connectivity index (χ0v) is 13.0. The van der Waals surface area contributed by atoms with Crippen molar-refractivity contribution in [2.24, 2.45) is 0 Å². The molecule has 2 rings (SSSR count). The number of hydrogen-bond donors (Lipinski definition) is 1. The molecule has 0 aromatic heterocycles. The number of halogens is 2. The fraction of sp³-hybridized carbons (Fsp3) is 0.417. The van der Waals surface area contributed by atoms with Gasteiger partial charge in [0.05, 0.1) is 10.6 Å². The van der Waals surface area contributed by atoms with Gasteiger partial charge in [-0.15, -0.1) is 0 Å². The molecule has 1 N–H and O–H groups in total. The Morgan fingerprint density at radius 2 is 2.05 bits per heavy atom. The molecular formula is C12H13Cl2NO4S. The van der Waals surface area contributed by atoms with Gasteiger partial charge in [-0.05, 0) is 31.9 Å². The maximum atomic E-state index is 12.6. The molecule has 1 aromatic rings. The van der Waals surface area contributed by atoms with Crippen molar-refractivity contribution in [3.8, 4) is 0 Å². The maximum Gasteiger partial charge on any atom is 0.337 e. The van der Waals surface area contributed by atoms with Gasteiger partial charge in [0.2, 0.25) is 10.0 Å². The number of hydrogen-bond acceptors (Lipinski definition) is 3. The van der Waals surface area contributed by atoms with E-state index in [1.165, 1.54) is 10.4 Å². The van der Waals surface area contributed by atoms with Crippen molar-refractivity contribution in [2.45, 2.75) is 30.7 Å². The van der Waals surface area contributed by atoms with E-state index in [-0.39, 0.29) is 26.5 Å². The first-order valence-electron chi connectivity index (χ1n) is 5.99. The van der Waals surface area contributed by atoms with Crippen molar-refractivity contribution in [3.63, 3.8) is 0 Å². The Hall–Kier alpha value is -0.820. The normalized spacial score (nSPS) is 20.2. The van der Waals surface area contributed by atoms with E-state index in [1.807, 2.05) is 0 Å². The van der Waals surface area contributed by atoms with Crippen molar-refractivity contribution in [2.75, 3.05) is 6.54 Å². The lowest BCUT2D eigenvalue weighted by atomic mass is 10.2. The first-order valence-corrected chi connectivity index (χ1v) is 8.19. The van der Waals surface area contributed by atoms with Gasteiger partial charge in [-0.3, -0.25) is 0 Å². The Bertz CT molecular complexity index is 660. The molecule has 110 valence electrons. The number of rotatable bonds is 3. The van der Waals surface area contributed by atoms with E-state index >= 15 is 0 Å². The van der Waals surface area contributed by atoms with Gasteiger partial charge in [0.1, 0.15) is 4.90 Å². The molecule has 20 heavy (non-hydrogen) atoms. The largest absolute Gasteiger partial charge is 0.478 e. The van der Waals surface area contributed by atoms with Crippen LogP contribution in [0.2, 0.25) is 10.0 Å². The number of carboxylic acids is 1. The minimum atomic E-state index is -3.84. The third-order valence-electron chi connectivity index (χ3n) is 3.31. The van der Waals surface area contributed by atoms with E-state index in [0.29, 0.717) is 6.54 Å². The lowest BCUT2D eigenvalue weighted by Gasteiger charge is -2.22. The lowest BCUT2D eigenvalue weighted by molar-refractivity contribution is 0.0697. The summed E-state index contributed by atoms with van der Waals surface area (Å²) in [4.78, 5) is 10.8. The molecule has 1 atom stereocenters. The van der Waals surface area contributed by atoms with Crippen LogP contribution in [0.1, 0.15) is 30.1 Å². The molecule has 0 saturated carbocycles. The zero-order valence-electron chi connectivity index (χ0n) is 10.6. The second-order valence-corrected chi connectivity index (χ2v) is 7.35. The Morgan fingerprint density at radius 3 is 2.55 bits per heavy atom. The summed E-state index contributed by atoms with van der Waals surface area (Å²) in [6.07, 6.45) is 1.54. The molecule has 1 aliphatic rings. The fourth-order valence-electron chi connectivity index (χ4n) is 2.30. The zero-order chi connectivity index (χ0) is 15.1. The summed E-state index contributed by atoms with van der Waals surface area (Å²) in [6, 6.07) is 2.19. The van der Waals surface area contributed by atoms with Gasteiger partial charge < -0.3 is 5.11 Å². The van der Waals surface area contributed by atoms with E-state index in [0.717, 1.165) is 18.9 Å². The minimum Gasteiger partial charge on any atom is -0.478 e. The van der Waals surface area contributed by atoms with Gasteiger partial charge in [0, 0.05) is 17.6 Å². The molecule has 0 amide bonds. The molecule has 0 radical (unpaired) electrons. The first-order chi connectivity index (χ1) is 9.25. The summed E-state index contributed by atoms with van der Waals surface area (Å²) in [5, 5.41) is 8.77. The van der Waals surface area contributed by atoms with Gasteiger partial charge in [0.25, 0.3) is 0 Å². The fourth-order valence-corrected chi connectivity index (χ4v) is 4.88. The Morgan fingerprint density at radius 1 is 1.40 bits per heavy atom. The predicted octanol–water partition coefficient (Wildman–Crippen LogP) is 2.86. The Labute approximate surface area is 127 Å². The first kappa shape index (κ1) is 15.6. The van der Waals surface area contributed by atoms with Crippen LogP contribution in [-0.2, 0) is 10.0 Å². The van der Waals surface area contributed by atoms with E-state index < -0.39 is 16.0 Å². The highest BCUT2D eigenvalue weighted by Gasteiger charge is 2.35. The van der Waals surface area contributed by atoms with Crippen LogP contribution in [0.25, 0.3) is 0 Å². The highest BCUT2D eigenvalue weighted by Crippen LogP contribution is 2.34. The van der Waals surface area contributed by atoms with Gasteiger partial charge in [-0.2, -0.15) is 4.31 Å². The quantitative estimate of drug-likeness (QED) is 0.920. The van der Waals surface area contributed by atoms with Crippen molar-refractivity contribution in [1.82, 2.24) is 4.31 Å². The SMILES string of the molecule is CC1CCCN1S(=O)(=O)c1cc(Cl)cc(C(=O)O)c1Cl. The molecule has 1 aliphatic heterocycles. The molecule has 1 saturated heterocycles. The molecule has 8 heteroatoms. The summed E-state index contributed by atoms with van der Waals surface area (Å²) >= 11 is 11.8. The number of sulfonamides is 1. The van der Waals surface area contributed by atoms with Crippen molar-refractivity contribution in [1.29, 1.82) is 0 Å². The highest BCUT2D eigenvalue weighted by molar-refractivity contribution is 7.89. The highest BCUT2D eigenvalue weighted by atomic mass is 35.5. The van der Waals surface area contributed by atoms with Crippen molar-refractivity contribution in [3.05, 3.63) is 27.7 Å². The average molecular weight is 338 g/mol. The second kappa shape index (κ2) is 5.52. The molecular weight excluding hydrogens is 325 g/mol. The molecule has 1 unspecified atom stereocenters. The summed E-state index contributed by atoms with van der Waals surface area (Å²) < 4.78 is 26.5. The molecule has 1 aromatic carbocycles. The van der Waals surface area contributed by atoms with Crippen LogP contribution in [-0.4, -0.2) is 36.4 Å². The number of aromatic carboxylic acids is 1. The molecule has 0 aliphatic carbocycles. The molecule has 1 fully saturated rings. The second-order valence-electron chi connectivity index (χ2n) is 4.68. The summed E-state index contributed by atoms with van der Waals surface area (Å²) in [5.74, 6) is -1.32. The van der Waals surface area contributed by atoms with Gasteiger partial charge >= 0.3 is 5.97 Å². The van der Waals surface area contributed by atoms with Crippen LogP contribution < -0.4 is 0 Å². The Kier molecular flexibility index (Phi) is 4.30. The van der Waals surface area contributed by atoms with Crippen molar-refractivity contribution < 1.29 is 18.3 Å². The summed E-state index contributed by atoms with van der Waals surface area (Å²) in [5.41, 5.74) is -0.315. The van der Waals surface area contributed by atoms with Crippen LogP contribution in [0.3, 0.4) is 0 Å². The van der Waals surface area contributed by atoms with Crippen LogP contribution in [0, 0.1) is 0 Å². The molecule has 0 spiro atoms. The molecule has 5 nitrogen and oxygen atoms in total. The van der Waals surface area contributed by atoms with E-state index in [2.05, 4.69) is 0 Å². The number of carboxylic acid groups (broad SMARTS) is 1. The number of benzene rings is 1. The van der Waals surface area contributed by atoms with Gasteiger partial charge in [0.15, 0.2) is 0 Å². The van der Waals surface area contributed by atoms with E-state index in [1.54, 1.807) is 6.92 Å². The lowest BCUT2D eigenvalue weighted by Crippen LogP contribution is -2.34. The van der Waals surface area contributed by atoms with Crippen molar-refractivity contribution >= 4 is 39.2 Å². The number of carbonyl (C=O) groups is 1. The molecule has 1 heterocycles. The number of nitrogens with zero attached hydrogens (tertiary/aromatic N) is 1. The van der Waals surface area contributed by atoms with Gasteiger partial charge in [-0.25, -0.2) is 13.2 Å². The summed E-state index contributed by atoms with van der Waals surface area (Å²) in [6.45, 7) is 2.20. The topological polar surface area (TPSA) is 74.7 Å². The minimum absolute atomic E-state index is 0.0252.